The predicted octanol–water partition coefficient (Wildman–Crippen LogP) is 1.82. The average molecular weight is 184 g/mol. The molecule has 76 valence electrons. The van der Waals surface area contributed by atoms with Gasteiger partial charge >= 0.3 is 0 Å². The molecule has 1 unspecified atom stereocenters. The molecule has 0 fully saturated rings. The maximum absolute atomic E-state index is 8.77. The Bertz CT molecular complexity index is 165. The summed E-state index contributed by atoms with van der Waals surface area (Å²) < 4.78 is 5.30. The van der Waals surface area contributed by atoms with Crippen molar-refractivity contribution in [1.82, 2.24) is 0 Å². The van der Waals surface area contributed by atoms with Crippen LogP contribution < -0.4 is 5.73 Å². The zero-order chi connectivity index (χ0) is 10.2. The van der Waals surface area contributed by atoms with Gasteiger partial charge in [0.15, 0.2) is 0 Å². The molecule has 0 aliphatic rings. The quantitative estimate of drug-likeness (QED) is 0.614. The van der Waals surface area contributed by atoms with E-state index in [-0.39, 0.29) is 0 Å². The number of hydrogen-bond acceptors (Lipinski definition) is 3. The Morgan fingerprint density at radius 3 is 2.54 bits per heavy atom. The number of nitrogens with two attached hydrogens (primary N) is 1. The van der Waals surface area contributed by atoms with Crippen molar-refractivity contribution in [3.8, 4) is 6.07 Å². The Balaban J connectivity index is 3.46. The summed E-state index contributed by atoms with van der Waals surface area (Å²) in [5.41, 5.74) is 5.15. The van der Waals surface area contributed by atoms with Crippen LogP contribution >= 0.6 is 0 Å². The summed E-state index contributed by atoms with van der Waals surface area (Å²) in [6.45, 7) is 5.54. The maximum atomic E-state index is 8.77. The van der Waals surface area contributed by atoms with Crippen LogP contribution in [-0.2, 0) is 4.74 Å². The summed E-state index contributed by atoms with van der Waals surface area (Å²) in [6.07, 6.45) is 3.35. The molecule has 0 aromatic heterocycles. The highest BCUT2D eigenvalue weighted by Gasteiger charge is 2.20. The highest BCUT2D eigenvalue weighted by Crippen LogP contribution is 2.12. The van der Waals surface area contributed by atoms with Gasteiger partial charge in [0, 0.05) is 13.2 Å². The molecule has 0 amide bonds. The Morgan fingerprint density at radius 2 is 2.08 bits per heavy atom. The Kier molecular flexibility index (Phi) is 6.56. The maximum Gasteiger partial charge on any atom is 0.104 e. The van der Waals surface area contributed by atoms with Gasteiger partial charge in [-0.2, -0.15) is 5.26 Å². The minimum atomic E-state index is -0.643. The van der Waals surface area contributed by atoms with Crippen LogP contribution in [0.1, 0.15) is 39.5 Å². The van der Waals surface area contributed by atoms with Crippen LogP contribution in [0.3, 0.4) is 0 Å². The molecule has 0 saturated carbocycles. The molecule has 3 heteroatoms. The fraction of sp³-hybridized carbons (Fsp3) is 0.900. The van der Waals surface area contributed by atoms with Gasteiger partial charge in [-0.05, 0) is 25.7 Å². The molecule has 0 aromatic carbocycles. The molecule has 1 atom stereocenters. The molecule has 13 heavy (non-hydrogen) atoms. The Morgan fingerprint density at radius 1 is 1.38 bits per heavy atom. The molecule has 0 aromatic rings. The molecule has 0 rings (SSSR count). The first-order valence-corrected chi connectivity index (χ1v) is 4.96. The van der Waals surface area contributed by atoms with Crippen LogP contribution in [0.4, 0.5) is 0 Å². The Labute approximate surface area is 80.9 Å². The second kappa shape index (κ2) is 6.88. The third kappa shape index (κ3) is 5.62. The van der Waals surface area contributed by atoms with Crippen molar-refractivity contribution in [2.45, 2.75) is 45.1 Å². The van der Waals surface area contributed by atoms with E-state index in [2.05, 4.69) is 13.0 Å². The van der Waals surface area contributed by atoms with Gasteiger partial charge in [-0.1, -0.05) is 13.8 Å². The Hall–Kier alpha value is -0.590. The molecule has 0 bridgehead atoms. The average Bonchev–Trinajstić information content (AvgIpc) is 2.17. The number of hydrogen-bond donors (Lipinski definition) is 1. The third-order valence-electron chi connectivity index (χ3n) is 2.11. The molecule has 0 spiro atoms. The van der Waals surface area contributed by atoms with Gasteiger partial charge in [0.25, 0.3) is 0 Å². The summed E-state index contributed by atoms with van der Waals surface area (Å²) >= 11 is 0. The van der Waals surface area contributed by atoms with Crippen molar-refractivity contribution in [3.63, 3.8) is 0 Å². The van der Waals surface area contributed by atoms with E-state index in [0.29, 0.717) is 13.0 Å². The summed E-state index contributed by atoms with van der Waals surface area (Å²) in [6, 6.07) is 2.14. The summed E-state index contributed by atoms with van der Waals surface area (Å²) in [5, 5.41) is 8.77. The van der Waals surface area contributed by atoms with Crippen LogP contribution in [0.5, 0.6) is 0 Å². The minimum absolute atomic E-state index is 0.643. The van der Waals surface area contributed by atoms with Gasteiger partial charge in [0.2, 0.25) is 0 Å². The van der Waals surface area contributed by atoms with Crippen molar-refractivity contribution < 1.29 is 4.74 Å². The molecule has 0 saturated heterocycles. The highest BCUT2D eigenvalue weighted by molar-refractivity contribution is 5.03. The lowest BCUT2D eigenvalue weighted by Crippen LogP contribution is -2.37. The normalized spacial score (nSPS) is 14.9. The van der Waals surface area contributed by atoms with E-state index in [9.17, 15) is 0 Å². The summed E-state index contributed by atoms with van der Waals surface area (Å²) in [5.74, 6) is 0. The minimum Gasteiger partial charge on any atom is -0.381 e. The van der Waals surface area contributed by atoms with Crippen molar-refractivity contribution in [1.29, 1.82) is 5.26 Å². The number of nitriles is 1. The third-order valence-corrected chi connectivity index (χ3v) is 2.11. The molecule has 2 N–H and O–H groups in total. The number of ether oxygens (including phenoxy) is 1. The monoisotopic (exact) mass is 184 g/mol. The summed E-state index contributed by atoms with van der Waals surface area (Å²) in [7, 11) is 0. The van der Waals surface area contributed by atoms with Gasteiger partial charge in [0.05, 0.1) is 6.07 Å². The van der Waals surface area contributed by atoms with Crippen LogP contribution in [0, 0.1) is 11.3 Å². The molecule has 0 aliphatic carbocycles. The van der Waals surface area contributed by atoms with Crippen molar-refractivity contribution in [3.05, 3.63) is 0 Å². The lowest BCUT2D eigenvalue weighted by Gasteiger charge is -2.18. The van der Waals surface area contributed by atoms with Crippen molar-refractivity contribution in [2.24, 2.45) is 5.73 Å². The predicted molar refractivity (Wildman–Crippen MR) is 53.2 cm³/mol. The van der Waals surface area contributed by atoms with Gasteiger partial charge in [-0.25, -0.2) is 0 Å². The van der Waals surface area contributed by atoms with Crippen molar-refractivity contribution >= 4 is 0 Å². The van der Waals surface area contributed by atoms with E-state index in [1.165, 1.54) is 0 Å². The topological polar surface area (TPSA) is 59.0 Å². The lowest BCUT2D eigenvalue weighted by molar-refractivity contribution is 0.127. The fourth-order valence-electron chi connectivity index (χ4n) is 1.05. The first kappa shape index (κ1) is 12.4. The van der Waals surface area contributed by atoms with Gasteiger partial charge in [-0.15, -0.1) is 0 Å². The fourth-order valence-corrected chi connectivity index (χ4v) is 1.05. The van der Waals surface area contributed by atoms with E-state index in [4.69, 9.17) is 15.7 Å². The lowest BCUT2D eigenvalue weighted by atomic mass is 9.94. The molecular formula is C10H20N2O. The van der Waals surface area contributed by atoms with E-state index >= 15 is 0 Å². The largest absolute Gasteiger partial charge is 0.381 e. The van der Waals surface area contributed by atoms with E-state index in [1.54, 1.807) is 0 Å². The number of nitrogens with zero attached hydrogens (tertiary/aromatic N) is 1. The van der Waals surface area contributed by atoms with Gasteiger partial charge < -0.3 is 10.5 Å². The van der Waals surface area contributed by atoms with Gasteiger partial charge in [-0.3, -0.25) is 0 Å². The smallest absolute Gasteiger partial charge is 0.104 e. The first-order valence-electron chi connectivity index (χ1n) is 4.96. The second-order valence-corrected chi connectivity index (χ2v) is 3.34. The second-order valence-electron chi connectivity index (χ2n) is 3.34. The van der Waals surface area contributed by atoms with E-state index in [1.807, 2.05) is 6.92 Å². The van der Waals surface area contributed by atoms with Crippen LogP contribution in [0.25, 0.3) is 0 Å². The van der Waals surface area contributed by atoms with Crippen LogP contribution in [0.15, 0.2) is 0 Å². The standard InChI is InChI=1S/C10H20N2O/c1-3-7-13-8-5-6-10(12,4-2)9-11/h3-8,12H2,1-2H3. The molecule has 3 nitrogen and oxygen atoms in total. The van der Waals surface area contributed by atoms with Gasteiger partial charge in [0.1, 0.15) is 5.54 Å². The zero-order valence-corrected chi connectivity index (χ0v) is 8.68. The molecule has 0 heterocycles. The summed E-state index contributed by atoms with van der Waals surface area (Å²) in [4.78, 5) is 0. The van der Waals surface area contributed by atoms with Crippen LogP contribution in [-0.4, -0.2) is 18.8 Å². The van der Waals surface area contributed by atoms with Crippen LogP contribution in [0.2, 0.25) is 0 Å². The van der Waals surface area contributed by atoms with Crippen molar-refractivity contribution in [2.75, 3.05) is 13.2 Å². The number of rotatable bonds is 7. The van der Waals surface area contributed by atoms with E-state index < -0.39 is 5.54 Å². The molecule has 0 aliphatic heterocycles. The SMILES string of the molecule is CCCOCCCC(N)(C#N)CC. The zero-order valence-electron chi connectivity index (χ0n) is 8.68. The molecule has 0 radical (unpaired) electrons. The highest BCUT2D eigenvalue weighted by atomic mass is 16.5. The first-order chi connectivity index (χ1) is 6.18. The molecular weight excluding hydrogens is 164 g/mol. The van der Waals surface area contributed by atoms with E-state index in [0.717, 1.165) is 25.9 Å².